The molecule has 0 spiro atoms. The van der Waals surface area contributed by atoms with Gasteiger partial charge in [-0.1, -0.05) is 6.07 Å². The Kier molecular flexibility index (Phi) is 5.41. The first-order valence-corrected chi connectivity index (χ1v) is 9.55. The summed E-state index contributed by atoms with van der Waals surface area (Å²) in [6.07, 6.45) is 8.27. The molecule has 8 heteroatoms. The molecule has 3 aromatic rings. The van der Waals surface area contributed by atoms with Gasteiger partial charge in [-0.05, 0) is 25.0 Å². The summed E-state index contributed by atoms with van der Waals surface area (Å²) in [6, 6.07) is 7.40. The van der Waals surface area contributed by atoms with E-state index in [4.69, 9.17) is 9.47 Å². The van der Waals surface area contributed by atoms with E-state index in [-0.39, 0.29) is 11.8 Å². The fourth-order valence-electron chi connectivity index (χ4n) is 3.54. The van der Waals surface area contributed by atoms with Gasteiger partial charge < -0.3 is 14.4 Å². The van der Waals surface area contributed by atoms with Crippen molar-refractivity contribution in [3.8, 4) is 17.4 Å². The topological polar surface area (TPSA) is 82.4 Å². The number of nitrogens with zero attached hydrogens (tertiary/aromatic N) is 5. The van der Waals surface area contributed by atoms with Crippen LogP contribution in [0.3, 0.4) is 0 Å². The van der Waals surface area contributed by atoms with Gasteiger partial charge in [-0.25, -0.2) is 4.98 Å². The highest BCUT2D eigenvalue weighted by molar-refractivity contribution is 5.93. The third kappa shape index (κ3) is 4.21. The Morgan fingerprint density at radius 1 is 1.14 bits per heavy atom. The van der Waals surface area contributed by atoms with Crippen molar-refractivity contribution in [2.45, 2.75) is 18.8 Å². The van der Waals surface area contributed by atoms with Crippen LogP contribution < -0.4 is 9.47 Å². The van der Waals surface area contributed by atoms with Gasteiger partial charge in [0.2, 0.25) is 5.88 Å². The molecule has 0 radical (unpaired) electrons. The van der Waals surface area contributed by atoms with E-state index in [9.17, 15) is 4.79 Å². The maximum absolute atomic E-state index is 12.6. The van der Waals surface area contributed by atoms with Gasteiger partial charge in [0.25, 0.3) is 5.91 Å². The first-order chi connectivity index (χ1) is 14.1. The van der Waals surface area contributed by atoms with Crippen molar-refractivity contribution < 1.29 is 14.3 Å². The Bertz CT molecular complexity index is 995. The van der Waals surface area contributed by atoms with Crippen LogP contribution in [0.25, 0.3) is 0 Å². The fourth-order valence-corrected chi connectivity index (χ4v) is 3.54. The number of carbonyl (C=O) groups excluding carboxylic acids is 1. The monoisotopic (exact) mass is 393 g/mol. The summed E-state index contributed by atoms with van der Waals surface area (Å²) in [5.74, 6) is 2.06. The van der Waals surface area contributed by atoms with Crippen molar-refractivity contribution in [3.05, 3.63) is 60.3 Å². The molecule has 1 amide bonds. The van der Waals surface area contributed by atoms with Gasteiger partial charge in [0.05, 0.1) is 18.9 Å². The lowest BCUT2D eigenvalue weighted by atomic mass is 9.93. The molecule has 0 aliphatic carbocycles. The number of aryl methyl sites for hydroxylation is 1. The SMILES string of the molecule is COc1cccc(Oc2nccnc2C2CCN(C(=O)c3cnn(C)c3)CC2)c1. The van der Waals surface area contributed by atoms with Crippen molar-refractivity contribution in [1.29, 1.82) is 0 Å². The molecule has 1 aliphatic rings. The number of ether oxygens (including phenoxy) is 2. The molecule has 2 aromatic heterocycles. The van der Waals surface area contributed by atoms with Crippen LogP contribution in [0, 0.1) is 0 Å². The Hall–Kier alpha value is -3.42. The fraction of sp³-hybridized carbons (Fsp3) is 0.333. The van der Waals surface area contributed by atoms with E-state index in [2.05, 4.69) is 15.1 Å². The minimum Gasteiger partial charge on any atom is -0.497 e. The summed E-state index contributed by atoms with van der Waals surface area (Å²) in [5, 5.41) is 4.08. The van der Waals surface area contributed by atoms with Gasteiger partial charge in [0, 0.05) is 50.7 Å². The quantitative estimate of drug-likeness (QED) is 0.663. The second-order valence-corrected chi connectivity index (χ2v) is 7.00. The second kappa shape index (κ2) is 8.30. The number of hydrogen-bond donors (Lipinski definition) is 0. The Labute approximate surface area is 169 Å². The summed E-state index contributed by atoms with van der Waals surface area (Å²) < 4.78 is 12.9. The third-order valence-electron chi connectivity index (χ3n) is 5.07. The highest BCUT2D eigenvalue weighted by Gasteiger charge is 2.28. The molecule has 0 N–H and O–H groups in total. The molecule has 1 saturated heterocycles. The van der Waals surface area contributed by atoms with Crippen LogP contribution in [0.15, 0.2) is 49.1 Å². The predicted molar refractivity (Wildman–Crippen MR) is 106 cm³/mol. The van der Waals surface area contributed by atoms with E-state index in [0.29, 0.717) is 30.3 Å². The number of carbonyl (C=O) groups is 1. The van der Waals surface area contributed by atoms with Gasteiger partial charge in [-0.2, -0.15) is 5.10 Å². The van der Waals surface area contributed by atoms with Crippen LogP contribution >= 0.6 is 0 Å². The molecule has 150 valence electrons. The number of piperidine rings is 1. The van der Waals surface area contributed by atoms with Gasteiger partial charge >= 0.3 is 0 Å². The lowest BCUT2D eigenvalue weighted by Gasteiger charge is -2.31. The summed E-state index contributed by atoms with van der Waals surface area (Å²) in [5.41, 5.74) is 1.44. The molecule has 0 unspecified atom stereocenters. The van der Waals surface area contributed by atoms with Crippen LogP contribution in [-0.4, -0.2) is 50.8 Å². The van der Waals surface area contributed by atoms with Crippen LogP contribution in [0.5, 0.6) is 17.4 Å². The van der Waals surface area contributed by atoms with Crippen molar-refractivity contribution in [2.75, 3.05) is 20.2 Å². The molecule has 29 heavy (non-hydrogen) atoms. The number of rotatable bonds is 5. The van der Waals surface area contributed by atoms with Gasteiger partial charge in [0.1, 0.15) is 17.2 Å². The summed E-state index contributed by atoms with van der Waals surface area (Å²) >= 11 is 0. The normalized spacial score (nSPS) is 14.6. The minimum atomic E-state index is 0.0172. The molecule has 4 rings (SSSR count). The number of benzene rings is 1. The third-order valence-corrected chi connectivity index (χ3v) is 5.07. The van der Waals surface area contributed by atoms with Crippen molar-refractivity contribution in [2.24, 2.45) is 7.05 Å². The molecule has 3 heterocycles. The largest absolute Gasteiger partial charge is 0.497 e. The Morgan fingerprint density at radius 2 is 1.90 bits per heavy atom. The van der Waals surface area contributed by atoms with Gasteiger partial charge in [0.15, 0.2) is 0 Å². The number of hydrogen-bond acceptors (Lipinski definition) is 6. The highest BCUT2D eigenvalue weighted by atomic mass is 16.5. The number of amides is 1. The maximum atomic E-state index is 12.6. The zero-order valence-corrected chi connectivity index (χ0v) is 16.5. The standard InChI is InChI=1S/C21H23N5O3/c1-25-14-16(13-24-25)21(27)26-10-6-15(7-11-26)19-20(23-9-8-22-19)29-18-5-3-4-17(12-18)28-2/h3-5,8-9,12-15H,6-7,10-11H2,1-2H3. The van der Waals surface area contributed by atoms with Crippen molar-refractivity contribution >= 4 is 5.91 Å². The van der Waals surface area contributed by atoms with Crippen molar-refractivity contribution in [3.63, 3.8) is 0 Å². The lowest BCUT2D eigenvalue weighted by molar-refractivity contribution is 0.0711. The molecular weight excluding hydrogens is 370 g/mol. The lowest BCUT2D eigenvalue weighted by Crippen LogP contribution is -2.38. The summed E-state index contributed by atoms with van der Waals surface area (Å²) in [6.45, 7) is 1.32. The zero-order valence-electron chi connectivity index (χ0n) is 16.5. The molecule has 0 bridgehead atoms. The Balaban J connectivity index is 1.45. The van der Waals surface area contributed by atoms with E-state index >= 15 is 0 Å². The van der Waals surface area contributed by atoms with Crippen LogP contribution in [-0.2, 0) is 7.05 Å². The predicted octanol–water partition coefficient (Wildman–Crippen LogP) is 3.03. The molecular formula is C21H23N5O3. The van der Waals surface area contributed by atoms with E-state index in [1.165, 1.54) is 0 Å². The highest BCUT2D eigenvalue weighted by Crippen LogP contribution is 2.34. The van der Waals surface area contributed by atoms with Crippen molar-refractivity contribution in [1.82, 2.24) is 24.6 Å². The van der Waals surface area contributed by atoms with Gasteiger partial charge in [-0.3, -0.25) is 14.5 Å². The molecule has 1 fully saturated rings. The summed E-state index contributed by atoms with van der Waals surface area (Å²) in [7, 11) is 3.42. The van der Waals surface area contributed by atoms with Crippen LogP contribution in [0.4, 0.5) is 0 Å². The molecule has 0 atom stereocenters. The van der Waals surface area contributed by atoms with E-state index < -0.39 is 0 Å². The summed E-state index contributed by atoms with van der Waals surface area (Å²) in [4.78, 5) is 23.4. The van der Waals surface area contributed by atoms with E-state index in [1.807, 2.05) is 29.2 Å². The number of likely N-dealkylation sites (tertiary alicyclic amines) is 1. The average Bonchev–Trinajstić information content (AvgIpc) is 3.20. The van der Waals surface area contributed by atoms with E-state index in [0.717, 1.165) is 24.3 Å². The Morgan fingerprint density at radius 3 is 2.62 bits per heavy atom. The minimum absolute atomic E-state index is 0.0172. The first kappa shape index (κ1) is 18.9. The molecule has 0 saturated carbocycles. The second-order valence-electron chi connectivity index (χ2n) is 7.00. The number of methoxy groups -OCH3 is 1. The maximum Gasteiger partial charge on any atom is 0.257 e. The van der Waals surface area contributed by atoms with Crippen LogP contribution in [0.2, 0.25) is 0 Å². The van der Waals surface area contributed by atoms with Crippen LogP contribution in [0.1, 0.15) is 34.8 Å². The number of aromatic nitrogens is 4. The molecule has 1 aliphatic heterocycles. The molecule has 1 aromatic carbocycles. The first-order valence-electron chi connectivity index (χ1n) is 9.55. The molecule has 8 nitrogen and oxygen atoms in total. The smallest absolute Gasteiger partial charge is 0.257 e. The zero-order chi connectivity index (χ0) is 20.2. The van der Waals surface area contributed by atoms with Gasteiger partial charge in [-0.15, -0.1) is 0 Å². The van der Waals surface area contributed by atoms with E-state index in [1.54, 1.807) is 43.6 Å². The average molecular weight is 393 g/mol.